The summed E-state index contributed by atoms with van der Waals surface area (Å²) in [6.45, 7) is 1.97. The van der Waals surface area contributed by atoms with E-state index in [0.717, 1.165) is 10.6 Å². The maximum absolute atomic E-state index is 13.2. The number of benzene rings is 3. The Hall–Kier alpha value is -4.28. The van der Waals surface area contributed by atoms with Crippen molar-refractivity contribution < 1.29 is 19.2 Å². The molecule has 202 valence electrons. The van der Waals surface area contributed by atoms with E-state index in [9.17, 15) is 19.2 Å². The van der Waals surface area contributed by atoms with E-state index in [1.165, 1.54) is 18.7 Å². The summed E-state index contributed by atoms with van der Waals surface area (Å²) >= 11 is 7.46. The van der Waals surface area contributed by atoms with Gasteiger partial charge in [0.15, 0.2) is 10.9 Å². The predicted octanol–water partition coefficient (Wildman–Crippen LogP) is 4.77. The monoisotopic (exact) mass is 573 g/mol. The van der Waals surface area contributed by atoms with E-state index in [1.54, 1.807) is 60.7 Å². The average molecular weight is 574 g/mol. The van der Waals surface area contributed by atoms with Gasteiger partial charge >= 0.3 is 0 Å². The van der Waals surface area contributed by atoms with E-state index in [4.69, 9.17) is 11.6 Å². The summed E-state index contributed by atoms with van der Waals surface area (Å²) in [5, 5.41) is 12.5. The van der Waals surface area contributed by atoms with Crippen LogP contribution < -0.4 is 10.2 Å². The number of Topliss-reactive ketones (excluding diaryl/α,β-unsaturated/α-hetero) is 1. The molecule has 0 spiro atoms. The molecular formula is C29H24ClN5O4S. The van der Waals surface area contributed by atoms with Crippen molar-refractivity contribution in [3.8, 4) is 5.69 Å². The molecule has 9 nitrogen and oxygen atoms in total. The fourth-order valence-corrected chi connectivity index (χ4v) is 5.45. The SMILES string of the molecule is CC(=O)NCCCc1nnc(SCC(=O)c2cccc(N3C(=O)c4ccccc4C3=O)c2)n1-c1cccc(Cl)c1. The number of amides is 3. The third kappa shape index (κ3) is 5.68. The topological polar surface area (TPSA) is 114 Å². The van der Waals surface area contributed by atoms with Gasteiger partial charge < -0.3 is 5.32 Å². The van der Waals surface area contributed by atoms with Crippen LogP contribution in [-0.4, -0.2) is 50.6 Å². The highest BCUT2D eigenvalue weighted by Gasteiger charge is 2.36. The number of ketones is 1. The van der Waals surface area contributed by atoms with E-state index in [1.807, 2.05) is 16.7 Å². The Bertz CT molecular complexity index is 1600. The summed E-state index contributed by atoms with van der Waals surface area (Å²) in [5.74, 6) is -0.402. The highest BCUT2D eigenvalue weighted by Crippen LogP contribution is 2.30. The van der Waals surface area contributed by atoms with Gasteiger partial charge in [-0.05, 0) is 48.9 Å². The van der Waals surface area contributed by atoms with Crippen LogP contribution in [0.15, 0.2) is 78.0 Å². The zero-order chi connectivity index (χ0) is 28.2. The van der Waals surface area contributed by atoms with Crippen LogP contribution in [0.5, 0.6) is 0 Å². The minimum Gasteiger partial charge on any atom is -0.356 e. The van der Waals surface area contributed by atoms with Crippen molar-refractivity contribution in [1.82, 2.24) is 20.1 Å². The normalized spacial score (nSPS) is 12.5. The van der Waals surface area contributed by atoms with E-state index < -0.39 is 11.8 Å². The minimum atomic E-state index is -0.416. The van der Waals surface area contributed by atoms with Crippen molar-refractivity contribution in [3.63, 3.8) is 0 Å². The van der Waals surface area contributed by atoms with Crippen molar-refractivity contribution in [2.45, 2.75) is 24.9 Å². The number of carbonyl (C=O) groups is 4. The number of nitrogens with zero attached hydrogens (tertiary/aromatic N) is 4. The van der Waals surface area contributed by atoms with Crippen LogP contribution in [0.1, 0.15) is 50.2 Å². The van der Waals surface area contributed by atoms with Gasteiger partial charge in [-0.2, -0.15) is 0 Å². The fraction of sp³-hybridized carbons (Fsp3) is 0.172. The molecule has 3 amide bonds. The van der Waals surface area contributed by atoms with Gasteiger partial charge in [0, 0.05) is 30.5 Å². The number of imide groups is 1. The molecule has 1 aliphatic rings. The highest BCUT2D eigenvalue weighted by molar-refractivity contribution is 7.99. The number of nitrogens with one attached hydrogen (secondary N) is 1. The third-order valence-electron chi connectivity index (χ3n) is 6.27. The number of halogens is 1. The molecule has 0 saturated heterocycles. The summed E-state index contributed by atoms with van der Waals surface area (Å²) < 4.78 is 1.85. The predicted molar refractivity (Wildman–Crippen MR) is 152 cm³/mol. The lowest BCUT2D eigenvalue weighted by Gasteiger charge is -2.15. The molecule has 0 aliphatic carbocycles. The average Bonchev–Trinajstić information content (AvgIpc) is 3.47. The van der Waals surface area contributed by atoms with Crippen LogP contribution in [0.4, 0.5) is 5.69 Å². The molecule has 2 heterocycles. The highest BCUT2D eigenvalue weighted by atomic mass is 35.5. The Kier molecular flexibility index (Phi) is 8.09. The molecular weight excluding hydrogens is 550 g/mol. The number of rotatable bonds is 10. The summed E-state index contributed by atoms with van der Waals surface area (Å²) in [7, 11) is 0. The van der Waals surface area contributed by atoms with Crippen molar-refractivity contribution >= 4 is 52.6 Å². The molecule has 4 aromatic rings. The first-order chi connectivity index (χ1) is 19.3. The van der Waals surface area contributed by atoms with Crippen LogP contribution >= 0.6 is 23.4 Å². The molecule has 0 atom stereocenters. The number of aromatic nitrogens is 3. The number of aryl methyl sites for hydroxylation is 1. The Morgan fingerprint density at radius 2 is 1.60 bits per heavy atom. The lowest BCUT2D eigenvalue weighted by Crippen LogP contribution is -2.29. The number of thioether (sulfide) groups is 1. The van der Waals surface area contributed by atoms with Crippen molar-refractivity contribution in [3.05, 3.63) is 100 Å². The van der Waals surface area contributed by atoms with Crippen molar-refractivity contribution in [2.24, 2.45) is 0 Å². The molecule has 0 radical (unpaired) electrons. The molecule has 0 fully saturated rings. The second kappa shape index (κ2) is 11.8. The van der Waals surface area contributed by atoms with Gasteiger partial charge in [0.25, 0.3) is 11.8 Å². The van der Waals surface area contributed by atoms with Crippen LogP contribution in [0.3, 0.4) is 0 Å². The first kappa shape index (κ1) is 27.3. The molecule has 0 bridgehead atoms. The second-order valence-corrected chi connectivity index (χ2v) is 10.4. The van der Waals surface area contributed by atoms with Gasteiger partial charge in [0.1, 0.15) is 5.82 Å². The van der Waals surface area contributed by atoms with Gasteiger partial charge in [-0.3, -0.25) is 23.7 Å². The number of anilines is 1. The van der Waals surface area contributed by atoms with Gasteiger partial charge in [0.2, 0.25) is 5.91 Å². The maximum atomic E-state index is 13.2. The minimum absolute atomic E-state index is 0.0517. The van der Waals surface area contributed by atoms with E-state index >= 15 is 0 Å². The second-order valence-electron chi connectivity index (χ2n) is 9.05. The number of fused-ring (bicyclic) bond motifs is 1. The summed E-state index contributed by atoms with van der Waals surface area (Å²) in [4.78, 5) is 51.3. The number of carbonyl (C=O) groups excluding carboxylic acids is 4. The maximum Gasteiger partial charge on any atom is 0.266 e. The molecule has 3 aromatic carbocycles. The smallest absolute Gasteiger partial charge is 0.266 e. The molecule has 11 heteroatoms. The first-order valence-corrected chi connectivity index (χ1v) is 13.9. The Morgan fingerprint density at radius 1 is 0.900 bits per heavy atom. The lowest BCUT2D eigenvalue weighted by molar-refractivity contribution is -0.118. The van der Waals surface area contributed by atoms with Gasteiger partial charge in [-0.15, -0.1) is 10.2 Å². The van der Waals surface area contributed by atoms with E-state index in [0.29, 0.717) is 57.8 Å². The zero-order valence-electron chi connectivity index (χ0n) is 21.5. The Morgan fingerprint density at radius 3 is 2.30 bits per heavy atom. The summed E-state index contributed by atoms with van der Waals surface area (Å²) in [6.07, 6.45) is 1.21. The van der Waals surface area contributed by atoms with Gasteiger partial charge in [-0.1, -0.05) is 53.7 Å². The zero-order valence-corrected chi connectivity index (χ0v) is 23.0. The number of hydrogen-bond donors (Lipinski definition) is 1. The lowest BCUT2D eigenvalue weighted by atomic mass is 10.1. The standard InChI is InChI=1S/C29H24ClN5O4S/c1-18(36)31-14-6-13-26-32-33-29(34(26)22-10-5-8-20(30)16-22)40-17-25(37)19-7-4-9-21(15-19)35-27(38)23-11-2-3-12-24(23)28(35)39/h2-5,7-12,15-16H,6,13-14,17H2,1H3,(H,31,36). The van der Waals surface area contributed by atoms with E-state index in [2.05, 4.69) is 15.5 Å². The third-order valence-corrected chi connectivity index (χ3v) is 7.43. The Balaban J connectivity index is 1.34. The molecule has 1 aromatic heterocycles. The summed E-state index contributed by atoms with van der Waals surface area (Å²) in [5.41, 5.74) is 2.15. The van der Waals surface area contributed by atoms with E-state index in [-0.39, 0.29) is 17.4 Å². The molecule has 1 aliphatic heterocycles. The molecule has 0 unspecified atom stereocenters. The first-order valence-electron chi connectivity index (χ1n) is 12.5. The summed E-state index contributed by atoms with van der Waals surface area (Å²) in [6, 6.07) is 20.4. The molecule has 0 saturated carbocycles. The van der Waals surface area contributed by atoms with Crippen LogP contribution in [0.25, 0.3) is 5.69 Å². The van der Waals surface area contributed by atoms with Gasteiger partial charge in [0.05, 0.1) is 28.3 Å². The molecule has 5 rings (SSSR count). The molecule has 40 heavy (non-hydrogen) atoms. The van der Waals surface area contributed by atoms with Crippen LogP contribution in [0.2, 0.25) is 5.02 Å². The molecule has 1 N–H and O–H groups in total. The van der Waals surface area contributed by atoms with Crippen molar-refractivity contribution in [2.75, 3.05) is 17.2 Å². The quantitative estimate of drug-likeness (QED) is 0.126. The van der Waals surface area contributed by atoms with Crippen molar-refractivity contribution in [1.29, 1.82) is 0 Å². The fourth-order valence-electron chi connectivity index (χ4n) is 4.40. The van der Waals surface area contributed by atoms with Crippen LogP contribution in [-0.2, 0) is 11.2 Å². The van der Waals surface area contributed by atoms with Crippen LogP contribution in [0, 0.1) is 0 Å². The largest absolute Gasteiger partial charge is 0.356 e. The van der Waals surface area contributed by atoms with Gasteiger partial charge in [-0.25, -0.2) is 4.90 Å². The Labute approximate surface area is 239 Å². The number of hydrogen-bond acceptors (Lipinski definition) is 7.